The molecule has 108 valence electrons. The maximum atomic E-state index is 4.69. The summed E-state index contributed by atoms with van der Waals surface area (Å²) in [4.78, 5) is 0. The van der Waals surface area contributed by atoms with Gasteiger partial charge in [0.05, 0.1) is 11.7 Å². The molecule has 1 saturated carbocycles. The summed E-state index contributed by atoms with van der Waals surface area (Å²) in [6.07, 6.45) is 11.5. The Morgan fingerprint density at radius 3 is 2.84 bits per heavy atom. The lowest BCUT2D eigenvalue weighted by molar-refractivity contribution is 0.460. The van der Waals surface area contributed by atoms with Gasteiger partial charge in [-0.15, -0.1) is 0 Å². The highest BCUT2D eigenvalue weighted by molar-refractivity contribution is 4.99. The highest BCUT2D eigenvalue weighted by atomic mass is 15.3. The van der Waals surface area contributed by atoms with E-state index >= 15 is 0 Å². The first-order valence-corrected chi connectivity index (χ1v) is 8.00. The van der Waals surface area contributed by atoms with Crippen molar-refractivity contribution >= 4 is 0 Å². The number of nitrogens with one attached hydrogen (secondary N) is 1. The molecule has 0 aliphatic heterocycles. The van der Waals surface area contributed by atoms with E-state index in [4.69, 9.17) is 5.10 Å². The van der Waals surface area contributed by atoms with Crippen molar-refractivity contribution in [1.29, 1.82) is 0 Å². The molecule has 1 aliphatic carbocycles. The van der Waals surface area contributed by atoms with Crippen LogP contribution in [0.25, 0.3) is 0 Å². The van der Waals surface area contributed by atoms with Gasteiger partial charge in [-0.1, -0.05) is 39.5 Å². The smallest absolute Gasteiger partial charge is 0.0762 e. The molecule has 0 atom stereocenters. The van der Waals surface area contributed by atoms with Crippen LogP contribution in [0.5, 0.6) is 0 Å². The van der Waals surface area contributed by atoms with E-state index in [1.54, 1.807) is 0 Å². The monoisotopic (exact) mass is 263 g/mol. The number of hydrogen-bond acceptors (Lipinski definition) is 2. The molecule has 0 amide bonds. The number of aromatic nitrogens is 2. The molecule has 0 unspecified atom stereocenters. The minimum atomic E-state index is 0.666. The molecule has 2 rings (SSSR count). The van der Waals surface area contributed by atoms with Crippen molar-refractivity contribution in [2.45, 2.75) is 71.4 Å². The standard InChI is InChI=1S/C16H29N3/c1-14(2)7-5-6-11-17-13-15-10-12-19(18-15)16-8-3-4-9-16/h10,12,14,16-17H,3-9,11,13H2,1-2H3. The van der Waals surface area contributed by atoms with Gasteiger partial charge in [0.15, 0.2) is 0 Å². The van der Waals surface area contributed by atoms with Gasteiger partial charge in [0.1, 0.15) is 0 Å². The third kappa shape index (κ3) is 4.98. The molecule has 1 aromatic rings. The van der Waals surface area contributed by atoms with Gasteiger partial charge in [0.2, 0.25) is 0 Å². The molecule has 3 heteroatoms. The molecule has 19 heavy (non-hydrogen) atoms. The molecule has 3 nitrogen and oxygen atoms in total. The van der Waals surface area contributed by atoms with Gasteiger partial charge in [-0.2, -0.15) is 5.10 Å². The van der Waals surface area contributed by atoms with Crippen LogP contribution in [0, 0.1) is 5.92 Å². The van der Waals surface area contributed by atoms with E-state index in [0.717, 1.165) is 19.0 Å². The third-order valence-electron chi connectivity index (χ3n) is 4.05. The van der Waals surface area contributed by atoms with E-state index in [1.165, 1.54) is 50.6 Å². The van der Waals surface area contributed by atoms with Gasteiger partial charge in [0, 0.05) is 12.7 Å². The molecular formula is C16H29N3. The fourth-order valence-corrected chi connectivity index (χ4v) is 2.86. The quantitative estimate of drug-likeness (QED) is 0.721. The Balaban J connectivity index is 1.61. The summed E-state index contributed by atoms with van der Waals surface area (Å²) in [6, 6.07) is 2.83. The van der Waals surface area contributed by atoms with E-state index in [2.05, 4.69) is 36.1 Å². The summed E-state index contributed by atoms with van der Waals surface area (Å²) in [5, 5.41) is 8.20. The second kappa shape index (κ2) is 7.68. The Hall–Kier alpha value is -0.830. The van der Waals surface area contributed by atoms with E-state index < -0.39 is 0 Å². The molecule has 1 aliphatic rings. The first-order valence-electron chi connectivity index (χ1n) is 8.00. The number of unbranched alkanes of at least 4 members (excludes halogenated alkanes) is 1. The van der Waals surface area contributed by atoms with Crippen LogP contribution in [0.4, 0.5) is 0 Å². The Labute approximate surface area is 117 Å². The van der Waals surface area contributed by atoms with E-state index in [9.17, 15) is 0 Å². The highest BCUT2D eigenvalue weighted by Crippen LogP contribution is 2.28. The predicted octanol–water partition coefficient (Wildman–Crippen LogP) is 3.91. The van der Waals surface area contributed by atoms with Gasteiger partial charge in [-0.05, 0) is 37.8 Å². The molecule has 0 saturated heterocycles. The molecule has 0 bridgehead atoms. The zero-order valence-electron chi connectivity index (χ0n) is 12.6. The predicted molar refractivity (Wildman–Crippen MR) is 80.1 cm³/mol. The molecule has 0 radical (unpaired) electrons. The largest absolute Gasteiger partial charge is 0.311 e. The normalized spacial score (nSPS) is 16.6. The Morgan fingerprint density at radius 2 is 2.11 bits per heavy atom. The maximum absolute atomic E-state index is 4.69. The fraction of sp³-hybridized carbons (Fsp3) is 0.812. The van der Waals surface area contributed by atoms with Crippen molar-refractivity contribution in [3.63, 3.8) is 0 Å². The lowest BCUT2D eigenvalue weighted by Gasteiger charge is -2.09. The lowest BCUT2D eigenvalue weighted by Crippen LogP contribution is -2.16. The number of rotatable bonds is 8. The second-order valence-electron chi connectivity index (χ2n) is 6.29. The van der Waals surface area contributed by atoms with Crippen molar-refractivity contribution in [3.8, 4) is 0 Å². The Kier molecular flexibility index (Phi) is 5.90. The van der Waals surface area contributed by atoms with Crippen LogP contribution in [0.15, 0.2) is 12.3 Å². The van der Waals surface area contributed by atoms with Gasteiger partial charge in [0.25, 0.3) is 0 Å². The molecule has 0 spiro atoms. The van der Waals surface area contributed by atoms with E-state index in [-0.39, 0.29) is 0 Å². The van der Waals surface area contributed by atoms with Crippen LogP contribution in [-0.2, 0) is 6.54 Å². The van der Waals surface area contributed by atoms with Crippen molar-refractivity contribution in [3.05, 3.63) is 18.0 Å². The second-order valence-corrected chi connectivity index (χ2v) is 6.29. The van der Waals surface area contributed by atoms with Crippen LogP contribution in [-0.4, -0.2) is 16.3 Å². The molecule has 1 heterocycles. The topological polar surface area (TPSA) is 29.9 Å². The number of nitrogens with zero attached hydrogens (tertiary/aromatic N) is 2. The van der Waals surface area contributed by atoms with Crippen molar-refractivity contribution in [1.82, 2.24) is 15.1 Å². The van der Waals surface area contributed by atoms with Crippen LogP contribution in [0.2, 0.25) is 0 Å². The summed E-state index contributed by atoms with van der Waals surface area (Å²) in [5.74, 6) is 0.835. The van der Waals surface area contributed by atoms with E-state index in [1.807, 2.05) is 0 Å². The van der Waals surface area contributed by atoms with Crippen LogP contribution in [0.3, 0.4) is 0 Å². The lowest BCUT2D eigenvalue weighted by atomic mass is 10.1. The van der Waals surface area contributed by atoms with Gasteiger partial charge in [-0.3, -0.25) is 4.68 Å². The van der Waals surface area contributed by atoms with Crippen LogP contribution in [0.1, 0.15) is 70.5 Å². The first-order chi connectivity index (χ1) is 9.25. The first kappa shape index (κ1) is 14.6. The van der Waals surface area contributed by atoms with Crippen molar-refractivity contribution < 1.29 is 0 Å². The van der Waals surface area contributed by atoms with Gasteiger partial charge in [-0.25, -0.2) is 0 Å². The van der Waals surface area contributed by atoms with Gasteiger partial charge >= 0.3 is 0 Å². The number of hydrogen-bond donors (Lipinski definition) is 1. The Morgan fingerprint density at radius 1 is 1.32 bits per heavy atom. The van der Waals surface area contributed by atoms with Crippen molar-refractivity contribution in [2.75, 3.05) is 6.54 Å². The minimum Gasteiger partial charge on any atom is -0.311 e. The zero-order valence-corrected chi connectivity index (χ0v) is 12.6. The van der Waals surface area contributed by atoms with Crippen LogP contribution < -0.4 is 5.32 Å². The molecule has 1 N–H and O–H groups in total. The molecule has 0 aromatic carbocycles. The highest BCUT2D eigenvalue weighted by Gasteiger charge is 2.17. The van der Waals surface area contributed by atoms with Gasteiger partial charge < -0.3 is 5.32 Å². The molecular weight excluding hydrogens is 234 g/mol. The average molecular weight is 263 g/mol. The molecule has 1 fully saturated rings. The molecule has 1 aromatic heterocycles. The SMILES string of the molecule is CC(C)CCCCNCc1ccn(C2CCCC2)n1. The Bertz CT molecular complexity index is 351. The average Bonchev–Trinajstić information content (AvgIpc) is 3.03. The zero-order chi connectivity index (χ0) is 13.5. The van der Waals surface area contributed by atoms with Crippen molar-refractivity contribution in [2.24, 2.45) is 5.92 Å². The maximum Gasteiger partial charge on any atom is 0.0762 e. The van der Waals surface area contributed by atoms with E-state index in [0.29, 0.717) is 6.04 Å². The van der Waals surface area contributed by atoms with Crippen LogP contribution >= 0.6 is 0 Å². The summed E-state index contributed by atoms with van der Waals surface area (Å²) >= 11 is 0. The fourth-order valence-electron chi connectivity index (χ4n) is 2.86. The summed E-state index contributed by atoms with van der Waals surface area (Å²) in [5.41, 5.74) is 1.19. The summed E-state index contributed by atoms with van der Waals surface area (Å²) in [6.45, 7) is 6.62. The summed E-state index contributed by atoms with van der Waals surface area (Å²) in [7, 11) is 0. The summed E-state index contributed by atoms with van der Waals surface area (Å²) < 4.78 is 2.18. The minimum absolute atomic E-state index is 0.666. The third-order valence-corrected chi connectivity index (χ3v) is 4.05.